The fourth-order valence-corrected chi connectivity index (χ4v) is 6.29. The molecule has 4 bridgehead atoms. The molecule has 1 atom stereocenters. The summed E-state index contributed by atoms with van der Waals surface area (Å²) in [6.07, 6.45) is 8.15. The van der Waals surface area contributed by atoms with Crippen molar-refractivity contribution in [2.24, 2.45) is 28.2 Å². The van der Waals surface area contributed by atoms with Crippen LogP contribution in [-0.4, -0.2) is 23.2 Å². The van der Waals surface area contributed by atoms with Crippen LogP contribution in [0.5, 0.6) is 0 Å². The summed E-state index contributed by atoms with van der Waals surface area (Å²) in [5.41, 5.74) is 1.98. The van der Waals surface area contributed by atoms with Crippen molar-refractivity contribution in [1.29, 1.82) is 0 Å². The Morgan fingerprint density at radius 3 is 2.25 bits per heavy atom. The Morgan fingerprint density at radius 2 is 1.67 bits per heavy atom. The molecule has 4 heteroatoms. The lowest BCUT2D eigenvalue weighted by atomic mass is 9.49. The molecule has 24 heavy (non-hydrogen) atoms. The number of carbonyl (C=O) groups excluding carboxylic acids is 1. The van der Waals surface area contributed by atoms with Gasteiger partial charge in [0.2, 0.25) is 0 Å². The molecule has 4 aliphatic carbocycles. The summed E-state index contributed by atoms with van der Waals surface area (Å²) in [6, 6.07) is 9.75. The van der Waals surface area contributed by atoms with Crippen molar-refractivity contribution in [2.75, 3.05) is 6.54 Å². The maximum absolute atomic E-state index is 12.6. The van der Waals surface area contributed by atoms with Crippen molar-refractivity contribution in [3.8, 4) is 0 Å². The molecule has 1 aliphatic heterocycles. The third-order valence-electron chi connectivity index (χ3n) is 6.67. The van der Waals surface area contributed by atoms with Crippen molar-refractivity contribution in [2.45, 2.75) is 43.5 Å². The normalized spacial score (nSPS) is 41.9. The third-order valence-corrected chi connectivity index (χ3v) is 7.10. The minimum atomic E-state index is -1.16. The molecule has 0 aromatic heterocycles. The zero-order chi connectivity index (χ0) is 16.4. The molecule has 0 saturated heterocycles. The van der Waals surface area contributed by atoms with Crippen LogP contribution in [0.2, 0.25) is 0 Å². The number of hydrogen-bond acceptors (Lipinski definition) is 2. The summed E-state index contributed by atoms with van der Waals surface area (Å²) in [5.74, 6) is 2.55. The molecule has 1 aromatic carbocycles. The van der Waals surface area contributed by atoms with E-state index < -0.39 is 5.00 Å². The van der Waals surface area contributed by atoms with Gasteiger partial charge in [0.05, 0.1) is 5.71 Å². The van der Waals surface area contributed by atoms with Crippen LogP contribution in [0, 0.1) is 23.2 Å². The van der Waals surface area contributed by atoms with Gasteiger partial charge in [0.25, 0.3) is 10.9 Å². The summed E-state index contributed by atoms with van der Waals surface area (Å²) in [4.78, 5) is 15.8. The van der Waals surface area contributed by atoms with Crippen molar-refractivity contribution in [3.05, 3.63) is 35.9 Å². The lowest BCUT2D eigenvalue weighted by molar-refractivity contribution is -0.123. The summed E-state index contributed by atoms with van der Waals surface area (Å²) in [6.45, 7) is 0.779. The number of benzene rings is 1. The van der Waals surface area contributed by atoms with Crippen LogP contribution in [0.25, 0.3) is 0 Å². The van der Waals surface area contributed by atoms with Gasteiger partial charge >= 0.3 is 0 Å². The van der Waals surface area contributed by atoms with Gasteiger partial charge in [-0.1, -0.05) is 41.9 Å². The Kier molecular flexibility index (Phi) is 3.16. The fraction of sp³-hybridized carbons (Fsp3) is 0.600. The largest absolute Gasteiger partial charge is 0.352 e. The van der Waals surface area contributed by atoms with Gasteiger partial charge in [-0.2, -0.15) is 0 Å². The highest BCUT2D eigenvalue weighted by molar-refractivity contribution is 6.55. The number of halogens is 1. The molecule has 6 rings (SSSR count). The molecule has 1 amide bonds. The molecule has 1 N–H and O–H groups in total. The van der Waals surface area contributed by atoms with Crippen molar-refractivity contribution >= 4 is 23.2 Å². The van der Waals surface area contributed by atoms with Crippen LogP contribution in [0.4, 0.5) is 0 Å². The highest BCUT2D eigenvalue weighted by Gasteiger charge is 2.55. The van der Waals surface area contributed by atoms with Crippen LogP contribution < -0.4 is 5.32 Å². The van der Waals surface area contributed by atoms with Gasteiger partial charge in [-0.15, -0.1) is 0 Å². The zero-order valence-electron chi connectivity index (χ0n) is 13.8. The number of carbonyl (C=O) groups is 1. The first-order chi connectivity index (χ1) is 11.6. The minimum Gasteiger partial charge on any atom is -0.352 e. The lowest BCUT2D eigenvalue weighted by Gasteiger charge is -2.56. The molecular formula is C20H23ClN2O. The Hall–Kier alpha value is -1.35. The van der Waals surface area contributed by atoms with Gasteiger partial charge in [0, 0.05) is 6.54 Å². The summed E-state index contributed by atoms with van der Waals surface area (Å²) >= 11 is 6.47. The first-order valence-electron chi connectivity index (χ1n) is 9.19. The zero-order valence-corrected chi connectivity index (χ0v) is 14.6. The fourth-order valence-electron chi connectivity index (χ4n) is 6.03. The SMILES string of the molecule is O=C(NCC12CC3CC(CC(C3)C1)C2)C1(Cl)N=C1c1ccccc1. The van der Waals surface area contributed by atoms with E-state index in [1.807, 2.05) is 30.3 Å². The van der Waals surface area contributed by atoms with Crippen LogP contribution in [-0.2, 0) is 4.79 Å². The Morgan fingerprint density at radius 1 is 1.08 bits per heavy atom. The first-order valence-corrected chi connectivity index (χ1v) is 9.57. The molecule has 4 fully saturated rings. The van der Waals surface area contributed by atoms with E-state index in [1.54, 1.807) is 0 Å². The maximum Gasteiger partial charge on any atom is 0.269 e. The average Bonchev–Trinajstić information content (AvgIpc) is 3.26. The number of rotatable bonds is 4. The van der Waals surface area contributed by atoms with Gasteiger partial charge < -0.3 is 5.32 Å². The molecular weight excluding hydrogens is 320 g/mol. The number of alkyl halides is 1. The quantitative estimate of drug-likeness (QED) is 0.657. The molecule has 0 spiro atoms. The smallest absolute Gasteiger partial charge is 0.269 e. The Labute approximate surface area is 147 Å². The molecule has 4 saturated carbocycles. The number of nitrogens with one attached hydrogen (secondary N) is 1. The predicted molar refractivity (Wildman–Crippen MR) is 95.2 cm³/mol. The summed E-state index contributed by atoms with van der Waals surface area (Å²) < 4.78 is 0. The predicted octanol–water partition coefficient (Wildman–Crippen LogP) is 3.76. The van der Waals surface area contributed by atoms with Crippen molar-refractivity contribution < 1.29 is 4.79 Å². The maximum atomic E-state index is 12.6. The van der Waals surface area contributed by atoms with Crippen LogP contribution in [0.3, 0.4) is 0 Å². The van der Waals surface area contributed by atoms with Gasteiger partial charge in [0.15, 0.2) is 0 Å². The number of amides is 1. The van der Waals surface area contributed by atoms with E-state index in [2.05, 4.69) is 10.3 Å². The van der Waals surface area contributed by atoms with E-state index in [9.17, 15) is 4.79 Å². The van der Waals surface area contributed by atoms with E-state index in [1.165, 1.54) is 38.5 Å². The standard InChI is InChI=1S/C20H23ClN2O/c21-20(17(23-20)16-4-2-1-3-5-16)18(24)22-12-19-9-13-6-14(10-19)8-15(7-13)11-19/h1-5,13-15H,6-12H2,(H,22,24). The molecule has 1 heterocycles. The molecule has 5 aliphatic rings. The number of nitrogens with zero attached hydrogens (tertiary/aromatic N) is 1. The monoisotopic (exact) mass is 342 g/mol. The highest BCUT2D eigenvalue weighted by atomic mass is 35.5. The first kappa shape index (κ1) is 14.9. The lowest BCUT2D eigenvalue weighted by Crippen LogP contribution is -2.52. The van der Waals surface area contributed by atoms with E-state index in [4.69, 9.17) is 11.6 Å². The molecule has 126 valence electrons. The van der Waals surface area contributed by atoms with Crippen molar-refractivity contribution in [1.82, 2.24) is 5.32 Å². The van der Waals surface area contributed by atoms with Crippen molar-refractivity contribution in [3.63, 3.8) is 0 Å². The van der Waals surface area contributed by atoms with Crippen LogP contribution >= 0.6 is 11.6 Å². The topological polar surface area (TPSA) is 41.5 Å². The van der Waals surface area contributed by atoms with Crippen LogP contribution in [0.1, 0.15) is 44.1 Å². The highest BCUT2D eigenvalue weighted by Crippen LogP contribution is 2.59. The second kappa shape index (κ2) is 5.08. The number of aliphatic imine (C=N–C) groups is 1. The summed E-state index contributed by atoms with van der Waals surface area (Å²) in [5, 5.41) is 3.16. The minimum absolute atomic E-state index is 0.140. The third kappa shape index (κ3) is 2.32. The molecule has 3 nitrogen and oxygen atoms in total. The second-order valence-electron chi connectivity index (χ2n) is 8.55. The molecule has 1 unspecified atom stereocenters. The Balaban J connectivity index is 1.24. The van der Waals surface area contributed by atoms with Gasteiger partial charge in [-0.05, 0) is 67.3 Å². The van der Waals surface area contributed by atoms with E-state index >= 15 is 0 Å². The molecule has 0 radical (unpaired) electrons. The van der Waals surface area contributed by atoms with E-state index in [-0.39, 0.29) is 5.91 Å². The van der Waals surface area contributed by atoms with Gasteiger partial charge in [0.1, 0.15) is 0 Å². The van der Waals surface area contributed by atoms with E-state index in [0.29, 0.717) is 11.1 Å². The van der Waals surface area contributed by atoms with Crippen LogP contribution in [0.15, 0.2) is 35.3 Å². The second-order valence-corrected chi connectivity index (χ2v) is 9.10. The average molecular weight is 343 g/mol. The molecule has 1 aromatic rings. The Bertz CT molecular complexity index is 678. The van der Waals surface area contributed by atoms with Gasteiger partial charge in [-0.25, -0.2) is 4.99 Å². The number of hydrogen-bond donors (Lipinski definition) is 1. The van der Waals surface area contributed by atoms with Gasteiger partial charge in [-0.3, -0.25) is 4.79 Å². The van der Waals surface area contributed by atoms with E-state index in [0.717, 1.165) is 29.9 Å². The summed E-state index contributed by atoms with van der Waals surface area (Å²) in [7, 11) is 0.